The van der Waals surface area contributed by atoms with E-state index in [2.05, 4.69) is 24.1 Å². The third-order valence-corrected chi connectivity index (χ3v) is 4.72. The van der Waals surface area contributed by atoms with Crippen LogP contribution in [0.4, 0.5) is 4.39 Å². The Kier molecular flexibility index (Phi) is 5.48. The van der Waals surface area contributed by atoms with Crippen LogP contribution < -0.4 is 5.32 Å². The van der Waals surface area contributed by atoms with Crippen molar-refractivity contribution in [2.75, 3.05) is 6.54 Å². The van der Waals surface area contributed by atoms with E-state index < -0.39 is 0 Å². The van der Waals surface area contributed by atoms with E-state index >= 15 is 0 Å². The van der Waals surface area contributed by atoms with E-state index in [1.165, 1.54) is 4.88 Å². The van der Waals surface area contributed by atoms with Crippen LogP contribution in [0.2, 0.25) is 0 Å². The summed E-state index contributed by atoms with van der Waals surface area (Å²) in [5.41, 5.74) is 2.76. The highest BCUT2D eigenvalue weighted by Crippen LogP contribution is 2.25. The molecule has 114 valence electrons. The van der Waals surface area contributed by atoms with Gasteiger partial charge < -0.3 is 5.32 Å². The van der Waals surface area contributed by atoms with Crippen molar-refractivity contribution in [3.63, 3.8) is 0 Å². The van der Waals surface area contributed by atoms with Crippen molar-refractivity contribution < 1.29 is 4.39 Å². The summed E-state index contributed by atoms with van der Waals surface area (Å²) >= 11 is 1.71. The van der Waals surface area contributed by atoms with Gasteiger partial charge in [-0.25, -0.2) is 9.37 Å². The first-order valence-electron chi connectivity index (χ1n) is 7.43. The predicted molar refractivity (Wildman–Crippen MR) is 87.5 cm³/mol. The van der Waals surface area contributed by atoms with Gasteiger partial charge in [-0.15, -0.1) is 11.3 Å². The summed E-state index contributed by atoms with van der Waals surface area (Å²) in [6.45, 7) is 9.01. The molecule has 0 spiro atoms. The van der Waals surface area contributed by atoms with Gasteiger partial charge in [0.25, 0.3) is 0 Å². The molecule has 0 aliphatic carbocycles. The number of hydrogen-bond donors (Lipinski definition) is 1. The van der Waals surface area contributed by atoms with Crippen molar-refractivity contribution in [3.8, 4) is 0 Å². The number of rotatable bonds is 6. The zero-order valence-electron chi connectivity index (χ0n) is 13.2. The minimum atomic E-state index is -0.131. The fraction of sp³-hybridized carbons (Fsp3) is 0.471. The van der Waals surface area contributed by atoms with E-state index in [-0.39, 0.29) is 11.9 Å². The lowest BCUT2D eigenvalue weighted by atomic mass is 10.0. The largest absolute Gasteiger partial charge is 0.309 e. The Hall–Kier alpha value is -1.26. The number of nitrogens with zero attached hydrogens (tertiary/aromatic N) is 1. The molecule has 0 fully saturated rings. The lowest BCUT2D eigenvalue weighted by molar-refractivity contribution is 0.496. The fourth-order valence-corrected chi connectivity index (χ4v) is 3.31. The van der Waals surface area contributed by atoms with E-state index in [0.717, 1.165) is 41.2 Å². The summed E-state index contributed by atoms with van der Waals surface area (Å²) in [6, 6.07) is 5.45. The van der Waals surface area contributed by atoms with Crippen LogP contribution in [-0.2, 0) is 6.42 Å². The summed E-state index contributed by atoms with van der Waals surface area (Å²) in [5.74, 6) is -0.131. The summed E-state index contributed by atoms with van der Waals surface area (Å²) in [5, 5.41) is 4.52. The Labute approximate surface area is 130 Å². The van der Waals surface area contributed by atoms with Gasteiger partial charge in [0.15, 0.2) is 0 Å². The standard InChI is InChI=1S/C17H23FN2S/c1-5-8-19-16(10-17-20-12(3)13(4)21-17)14-7-6-11(2)9-15(14)18/h6-7,9,16,19H,5,8,10H2,1-4H3. The summed E-state index contributed by atoms with van der Waals surface area (Å²) in [7, 11) is 0. The number of hydrogen-bond acceptors (Lipinski definition) is 3. The number of thiazole rings is 1. The summed E-state index contributed by atoms with van der Waals surface area (Å²) < 4.78 is 14.3. The molecule has 0 bridgehead atoms. The first kappa shape index (κ1) is 16.1. The molecule has 2 aromatic rings. The Morgan fingerprint density at radius 2 is 2.05 bits per heavy atom. The highest BCUT2D eigenvalue weighted by atomic mass is 32.1. The molecule has 0 radical (unpaired) electrons. The van der Waals surface area contributed by atoms with E-state index in [9.17, 15) is 4.39 Å². The first-order valence-corrected chi connectivity index (χ1v) is 8.25. The average Bonchev–Trinajstić information content (AvgIpc) is 2.74. The molecule has 2 rings (SSSR count). The lowest BCUT2D eigenvalue weighted by Gasteiger charge is -2.19. The van der Waals surface area contributed by atoms with E-state index in [4.69, 9.17) is 0 Å². The maximum Gasteiger partial charge on any atom is 0.128 e. The molecular weight excluding hydrogens is 283 g/mol. The van der Waals surface area contributed by atoms with Gasteiger partial charge in [0.2, 0.25) is 0 Å². The molecule has 1 unspecified atom stereocenters. The predicted octanol–water partition coefficient (Wildman–Crippen LogP) is 4.49. The van der Waals surface area contributed by atoms with Crippen LogP contribution in [0, 0.1) is 26.6 Å². The van der Waals surface area contributed by atoms with Crippen molar-refractivity contribution in [1.29, 1.82) is 0 Å². The molecule has 1 atom stereocenters. The third kappa shape index (κ3) is 4.11. The zero-order chi connectivity index (χ0) is 15.4. The summed E-state index contributed by atoms with van der Waals surface area (Å²) in [4.78, 5) is 5.83. The van der Waals surface area contributed by atoms with Gasteiger partial charge in [0, 0.05) is 22.9 Å². The molecule has 4 heteroatoms. The first-order chi connectivity index (χ1) is 10.0. The van der Waals surface area contributed by atoms with Crippen LogP contribution in [0.15, 0.2) is 18.2 Å². The van der Waals surface area contributed by atoms with Crippen molar-refractivity contribution >= 4 is 11.3 Å². The minimum absolute atomic E-state index is 0.0181. The Morgan fingerprint density at radius 1 is 1.29 bits per heavy atom. The van der Waals surface area contributed by atoms with Crippen LogP contribution in [0.1, 0.15) is 46.1 Å². The monoisotopic (exact) mass is 306 g/mol. The Bertz CT molecular complexity index is 587. The van der Waals surface area contributed by atoms with E-state index in [1.54, 1.807) is 17.4 Å². The second-order valence-electron chi connectivity index (χ2n) is 5.49. The van der Waals surface area contributed by atoms with Crippen molar-refractivity contribution in [1.82, 2.24) is 10.3 Å². The number of nitrogens with one attached hydrogen (secondary N) is 1. The molecule has 0 aliphatic heterocycles. The van der Waals surface area contributed by atoms with Gasteiger partial charge in [-0.2, -0.15) is 0 Å². The topological polar surface area (TPSA) is 24.9 Å². The molecule has 0 amide bonds. The molecule has 1 heterocycles. The van der Waals surface area contributed by atoms with Crippen LogP contribution in [0.3, 0.4) is 0 Å². The Balaban J connectivity index is 2.24. The van der Waals surface area contributed by atoms with Gasteiger partial charge in [0.05, 0.1) is 10.7 Å². The van der Waals surface area contributed by atoms with Crippen LogP contribution >= 0.6 is 11.3 Å². The third-order valence-electron chi connectivity index (χ3n) is 3.62. The molecule has 1 aromatic heterocycles. The second-order valence-corrected chi connectivity index (χ2v) is 6.77. The van der Waals surface area contributed by atoms with Gasteiger partial charge in [-0.3, -0.25) is 0 Å². The number of aromatic nitrogens is 1. The second kappa shape index (κ2) is 7.14. The van der Waals surface area contributed by atoms with E-state index in [1.807, 2.05) is 26.0 Å². The number of aryl methyl sites for hydroxylation is 3. The molecule has 1 aromatic carbocycles. The normalized spacial score (nSPS) is 12.6. The molecule has 0 saturated heterocycles. The zero-order valence-corrected chi connectivity index (χ0v) is 14.0. The molecule has 0 saturated carbocycles. The molecular formula is C17H23FN2S. The molecule has 21 heavy (non-hydrogen) atoms. The maximum atomic E-state index is 14.3. The SMILES string of the molecule is CCCNC(Cc1nc(C)c(C)s1)c1ccc(C)cc1F. The summed E-state index contributed by atoms with van der Waals surface area (Å²) in [6.07, 6.45) is 1.76. The highest BCUT2D eigenvalue weighted by molar-refractivity contribution is 7.11. The molecule has 2 nitrogen and oxygen atoms in total. The molecule has 0 aliphatic rings. The molecule has 1 N–H and O–H groups in total. The van der Waals surface area contributed by atoms with Crippen molar-refractivity contribution in [2.45, 2.75) is 46.6 Å². The van der Waals surface area contributed by atoms with Gasteiger partial charge in [0.1, 0.15) is 5.82 Å². The van der Waals surface area contributed by atoms with Gasteiger partial charge >= 0.3 is 0 Å². The van der Waals surface area contributed by atoms with Crippen LogP contribution in [-0.4, -0.2) is 11.5 Å². The lowest BCUT2D eigenvalue weighted by Crippen LogP contribution is -2.25. The quantitative estimate of drug-likeness (QED) is 0.850. The van der Waals surface area contributed by atoms with Gasteiger partial charge in [-0.1, -0.05) is 19.1 Å². The number of benzene rings is 1. The Morgan fingerprint density at radius 3 is 2.62 bits per heavy atom. The van der Waals surface area contributed by atoms with E-state index in [0.29, 0.717) is 0 Å². The van der Waals surface area contributed by atoms with Crippen LogP contribution in [0.5, 0.6) is 0 Å². The van der Waals surface area contributed by atoms with Crippen molar-refractivity contribution in [3.05, 3.63) is 50.7 Å². The average molecular weight is 306 g/mol. The maximum absolute atomic E-state index is 14.3. The fourth-order valence-electron chi connectivity index (χ4n) is 2.33. The number of halogens is 1. The van der Waals surface area contributed by atoms with Gasteiger partial charge in [-0.05, 0) is 45.4 Å². The van der Waals surface area contributed by atoms with Crippen molar-refractivity contribution in [2.24, 2.45) is 0 Å². The van der Waals surface area contributed by atoms with Crippen LogP contribution in [0.25, 0.3) is 0 Å². The minimum Gasteiger partial charge on any atom is -0.309 e. The highest BCUT2D eigenvalue weighted by Gasteiger charge is 2.18. The smallest absolute Gasteiger partial charge is 0.128 e.